The van der Waals surface area contributed by atoms with Crippen molar-refractivity contribution in [3.63, 3.8) is 0 Å². The van der Waals surface area contributed by atoms with Gasteiger partial charge in [-0.25, -0.2) is 4.98 Å². The first-order valence-electron chi connectivity index (χ1n) is 11.5. The van der Waals surface area contributed by atoms with E-state index in [1.807, 2.05) is 28.8 Å². The first kappa shape index (κ1) is 20.9. The van der Waals surface area contributed by atoms with Gasteiger partial charge in [-0.05, 0) is 68.4 Å². The number of aryl methyl sites for hydroxylation is 1. The van der Waals surface area contributed by atoms with Crippen molar-refractivity contribution in [2.75, 3.05) is 6.54 Å². The lowest BCUT2D eigenvalue weighted by Gasteiger charge is -2.31. The standard InChI is InChI=1S/C24H33N3O3/c28-22(29)11-4-3-8-19-16-27-20(9-6-10-21(27)26-19)23(30)25-17-24-13-5-1-2-7-18(15-24)12-14-24/h6,9-10,16,18H,1-5,7-8,11-15,17H2,(H,25,30)(H,28,29). The third-order valence-electron chi connectivity index (χ3n) is 7.10. The number of carbonyl (C=O) groups is 2. The number of imidazole rings is 1. The molecule has 2 heterocycles. The van der Waals surface area contributed by atoms with Gasteiger partial charge in [0.1, 0.15) is 11.3 Å². The minimum Gasteiger partial charge on any atom is -0.481 e. The van der Waals surface area contributed by atoms with E-state index in [-0.39, 0.29) is 12.3 Å². The molecule has 2 atom stereocenters. The Balaban J connectivity index is 1.41. The number of carboxylic acid groups (broad SMARTS) is 1. The predicted molar refractivity (Wildman–Crippen MR) is 116 cm³/mol. The zero-order valence-electron chi connectivity index (χ0n) is 17.7. The molecule has 0 aromatic carbocycles. The van der Waals surface area contributed by atoms with Crippen LogP contribution in [0.5, 0.6) is 0 Å². The maximum absolute atomic E-state index is 13.0. The van der Waals surface area contributed by atoms with Crippen LogP contribution in [-0.2, 0) is 11.2 Å². The van der Waals surface area contributed by atoms with Crippen molar-refractivity contribution in [3.05, 3.63) is 35.8 Å². The van der Waals surface area contributed by atoms with E-state index in [9.17, 15) is 9.59 Å². The zero-order valence-corrected chi connectivity index (χ0v) is 17.7. The summed E-state index contributed by atoms with van der Waals surface area (Å²) < 4.78 is 1.87. The minimum atomic E-state index is -0.763. The Morgan fingerprint density at radius 1 is 1.17 bits per heavy atom. The van der Waals surface area contributed by atoms with E-state index < -0.39 is 5.97 Å². The zero-order chi connectivity index (χ0) is 21.0. The molecule has 2 aromatic rings. The van der Waals surface area contributed by atoms with Crippen LogP contribution in [0, 0.1) is 11.3 Å². The van der Waals surface area contributed by atoms with Gasteiger partial charge in [-0.3, -0.25) is 14.0 Å². The van der Waals surface area contributed by atoms with Crippen LogP contribution in [0.25, 0.3) is 5.65 Å². The maximum atomic E-state index is 13.0. The number of amides is 1. The lowest BCUT2D eigenvalue weighted by Crippen LogP contribution is -2.37. The first-order chi connectivity index (χ1) is 14.5. The van der Waals surface area contributed by atoms with Gasteiger partial charge in [-0.2, -0.15) is 0 Å². The Morgan fingerprint density at radius 2 is 2.07 bits per heavy atom. The van der Waals surface area contributed by atoms with Crippen LogP contribution in [0.2, 0.25) is 0 Å². The Bertz CT molecular complexity index is 906. The van der Waals surface area contributed by atoms with E-state index in [1.54, 1.807) is 0 Å². The summed E-state index contributed by atoms with van der Waals surface area (Å²) in [5.41, 5.74) is 2.58. The molecule has 30 heavy (non-hydrogen) atoms. The number of carbonyl (C=O) groups excluding carboxylic acids is 1. The van der Waals surface area contributed by atoms with Gasteiger partial charge in [0, 0.05) is 19.2 Å². The highest BCUT2D eigenvalue weighted by atomic mass is 16.4. The Kier molecular flexibility index (Phi) is 6.40. The summed E-state index contributed by atoms with van der Waals surface area (Å²) in [7, 11) is 0. The van der Waals surface area contributed by atoms with Crippen molar-refractivity contribution in [1.82, 2.24) is 14.7 Å². The van der Waals surface area contributed by atoms with Crippen LogP contribution in [0.3, 0.4) is 0 Å². The average molecular weight is 412 g/mol. The number of rotatable bonds is 8. The van der Waals surface area contributed by atoms with E-state index in [4.69, 9.17) is 5.11 Å². The summed E-state index contributed by atoms with van der Waals surface area (Å²) in [5.74, 6) is 0.0552. The summed E-state index contributed by atoms with van der Waals surface area (Å²) in [6.07, 6.45) is 14.7. The lowest BCUT2D eigenvalue weighted by atomic mass is 9.78. The van der Waals surface area contributed by atoms with Crippen LogP contribution in [0.15, 0.2) is 24.4 Å². The number of pyridine rings is 1. The van der Waals surface area contributed by atoms with Gasteiger partial charge in [0.15, 0.2) is 0 Å². The molecule has 6 nitrogen and oxygen atoms in total. The Labute approximate surface area is 178 Å². The fourth-order valence-corrected chi connectivity index (χ4v) is 5.47. The number of aliphatic carboxylic acids is 1. The maximum Gasteiger partial charge on any atom is 0.303 e. The highest BCUT2D eigenvalue weighted by molar-refractivity contribution is 5.93. The average Bonchev–Trinajstić information content (AvgIpc) is 3.33. The highest BCUT2D eigenvalue weighted by Gasteiger charge is 2.39. The summed E-state index contributed by atoms with van der Waals surface area (Å²) in [4.78, 5) is 28.3. The fraction of sp³-hybridized carbons (Fsp3) is 0.625. The number of unbranched alkanes of at least 4 members (excludes halogenated alkanes) is 1. The molecule has 162 valence electrons. The third-order valence-corrected chi connectivity index (χ3v) is 7.10. The topological polar surface area (TPSA) is 83.7 Å². The Morgan fingerprint density at radius 3 is 2.93 bits per heavy atom. The molecule has 2 saturated carbocycles. The molecule has 2 aliphatic carbocycles. The molecule has 0 radical (unpaired) electrons. The normalized spacial score (nSPS) is 23.8. The molecule has 2 fully saturated rings. The molecule has 0 aliphatic heterocycles. The molecule has 2 aromatic heterocycles. The van der Waals surface area contributed by atoms with E-state index in [2.05, 4.69) is 10.3 Å². The molecular weight excluding hydrogens is 378 g/mol. The summed E-state index contributed by atoms with van der Waals surface area (Å²) in [6, 6.07) is 5.64. The summed E-state index contributed by atoms with van der Waals surface area (Å²) in [5, 5.41) is 12.0. The van der Waals surface area contributed by atoms with Gasteiger partial charge in [0.2, 0.25) is 0 Å². The van der Waals surface area contributed by atoms with Gasteiger partial charge in [0.05, 0.1) is 5.69 Å². The molecular formula is C24H33N3O3. The van der Waals surface area contributed by atoms with Crippen molar-refractivity contribution in [2.24, 2.45) is 11.3 Å². The second kappa shape index (κ2) is 9.19. The van der Waals surface area contributed by atoms with Crippen molar-refractivity contribution in [3.8, 4) is 0 Å². The number of hydrogen-bond acceptors (Lipinski definition) is 3. The third kappa shape index (κ3) is 4.85. The fourth-order valence-electron chi connectivity index (χ4n) is 5.47. The first-order valence-corrected chi connectivity index (χ1v) is 11.5. The molecule has 4 rings (SSSR count). The second-order valence-electron chi connectivity index (χ2n) is 9.36. The van der Waals surface area contributed by atoms with E-state index in [1.165, 1.54) is 51.4 Å². The minimum absolute atomic E-state index is 0.0321. The smallest absolute Gasteiger partial charge is 0.303 e. The van der Waals surface area contributed by atoms with Gasteiger partial charge in [-0.1, -0.05) is 31.7 Å². The molecule has 2 bridgehead atoms. The van der Waals surface area contributed by atoms with E-state index >= 15 is 0 Å². The van der Waals surface area contributed by atoms with Gasteiger partial charge < -0.3 is 10.4 Å². The number of carboxylic acids is 1. The van der Waals surface area contributed by atoms with Crippen LogP contribution in [0.1, 0.15) is 86.8 Å². The Hall–Kier alpha value is -2.37. The molecule has 6 heteroatoms. The number of fused-ring (bicyclic) bond motifs is 3. The number of nitrogens with one attached hydrogen (secondary N) is 1. The molecule has 2 N–H and O–H groups in total. The molecule has 1 amide bonds. The van der Waals surface area contributed by atoms with Gasteiger partial charge >= 0.3 is 5.97 Å². The highest BCUT2D eigenvalue weighted by Crippen LogP contribution is 2.48. The van der Waals surface area contributed by atoms with Crippen LogP contribution >= 0.6 is 0 Å². The molecule has 0 saturated heterocycles. The van der Waals surface area contributed by atoms with Gasteiger partial charge in [-0.15, -0.1) is 0 Å². The van der Waals surface area contributed by atoms with Crippen LogP contribution in [0.4, 0.5) is 0 Å². The molecule has 2 aliphatic rings. The lowest BCUT2D eigenvalue weighted by molar-refractivity contribution is -0.137. The van der Waals surface area contributed by atoms with Crippen LogP contribution in [-0.4, -0.2) is 32.9 Å². The van der Waals surface area contributed by atoms with E-state index in [0.717, 1.165) is 36.6 Å². The summed E-state index contributed by atoms with van der Waals surface area (Å²) in [6.45, 7) is 0.773. The van der Waals surface area contributed by atoms with Crippen LogP contribution < -0.4 is 5.32 Å². The monoisotopic (exact) mass is 411 g/mol. The SMILES string of the molecule is O=C(O)CCCCc1cn2c(C(=O)NCC34CCCCCC(CC3)C4)cccc2n1. The predicted octanol–water partition coefficient (Wildman–Crippen LogP) is 4.61. The quantitative estimate of drug-likeness (QED) is 0.621. The van der Waals surface area contributed by atoms with Gasteiger partial charge in [0.25, 0.3) is 5.91 Å². The van der Waals surface area contributed by atoms with Crippen molar-refractivity contribution in [1.29, 1.82) is 0 Å². The van der Waals surface area contributed by atoms with Crippen molar-refractivity contribution in [2.45, 2.75) is 77.0 Å². The second-order valence-corrected chi connectivity index (χ2v) is 9.36. The van der Waals surface area contributed by atoms with E-state index in [0.29, 0.717) is 17.5 Å². The number of hydrogen-bond donors (Lipinski definition) is 2. The summed E-state index contributed by atoms with van der Waals surface area (Å²) >= 11 is 0. The molecule has 2 unspecified atom stereocenters. The van der Waals surface area contributed by atoms with Crippen molar-refractivity contribution >= 4 is 17.5 Å². The number of nitrogens with zero attached hydrogens (tertiary/aromatic N) is 2. The van der Waals surface area contributed by atoms with Crippen molar-refractivity contribution < 1.29 is 14.7 Å². The largest absolute Gasteiger partial charge is 0.481 e. The molecule has 0 spiro atoms. The number of aromatic nitrogens is 2.